The molecule has 1 heterocycles. The monoisotopic (exact) mass is 171 g/mol. The molecule has 0 saturated heterocycles. The minimum Gasteiger partial charge on any atom is -0.364 e. The fourth-order valence-corrected chi connectivity index (χ4v) is 1.22. The van der Waals surface area contributed by atoms with Crippen LogP contribution < -0.4 is 11.1 Å². The van der Waals surface area contributed by atoms with Gasteiger partial charge in [0.05, 0.1) is 5.51 Å². The highest BCUT2D eigenvalue weighted by atomic mass is 32.1. The van der Waals surface area contributed by atoms with Gasteiger partial charge >= 0.3 is 0 Å². The van der Waals surface area contributed by atoms with Crippen molar-refractivity contribution < 1.29 is 9.59 Å². The van der Waals surface area contributed by atoms with E-state index in [4.69, 9.17) is 5.73 Å². The van der Waals surface area contributed by atoms with Crippen LogP contribution in [-0.4, -0.2) is 17.3 Å². The standard InChI is InChI=1S/C5H5N3O2S/c6-4(10)3-5(7-1-9)11-2-8-3/h1-2H,(H2,6,10)(H,7,9). The third kappa shape index (κ3) is 1.53. The lowest BCUT2D eigenvalue weighted by molar-refractivity contribution is -0.105. The van der Waals surface area contributed by atoms with Gasteiger partial charge in [-0.25, -0.2) is 4.98 Å². The Hall–Kier alpha value is -1.43. The summed E-state index contributed by atoms with van der Waals surface area (Å²) in [6, 6.07) is 0. The van der Waals surface area contributed by atoms with Crippen molar-refractivity contribution in [2.75, 3.05) is 5.32 Å². The molecule has 58 valence electrons. The summed E-state index contributed by atoms with van der Waals surface area (Å²) >= 11 is 1.15. The van der Waals surface area contributed by atoms with E-state index in [-0.39, 0.29) is 5.69 Å². The number of anilines is 1. The minimum atomic E-state index is -0.643. The third-order valence-electron chi connectivity index (χ3n) is 0.991. The first-order chi connectivity index (χ1) is 5.25. The van der Waals surface area contributed by atoms with Gasteiger partial charge in [-0.05, 0) is 0 Å². The molecule has 6 heteroatoms. The molecule has 0 saturated carbocycles. The van der Waals surface area contributed by atoms with Gasteiger partial charge < -0.3 is 11.1 Å². The smallest absolute Gasteiger partial charge is 0.270 e. The minimum absolute atomic E-state index is 0.0992. The predicted octanol–water partition coefficient (Wildman–Crippen LogP) is -0.190. The Kier molecular flexibility index (Phi) is 2.17. The van der Waals surface area contributed by atoms with Crippen molar-refractivity contribution in [2.45, 2.75) is 0 Å². The maximum Gasteiger partial charge on any atom is 0.270 e. The number of nitrogens with one attached hydrogen (secondary N) is 1. The largest absolute Gasteiger partial charge is 0.364 e. The van der Waals surface area contributed by atoms with Gasteiger partial charge in [-0.1, -0.05) is 0 Å². The molecule has 1 rings (SSSR count). The Morgan fingerprint density at radius 1 is 1.82 bits per heavy atom. The van der Waals surface area contributed by atoms with Crippen molar-refractivity contribution in [1.29, 1.82) is 0 Å². The van der Waals surface area contributed by atoms with Crippen molar-refractivity contribution in [3.63, 3.8) is 0 Å². The number of amides is 2. The molecule has 1 aromatic heterocycles. The second-order valence-corrected chi connectivity index (χ2v) is 2.51. The van der Waals surface area contributed by atoms with Crippen LogP contribution in [0, 0.1) is 0 Å². The summed E-state index contributed by atoms with van der Waals surface area (Å²) in [5.41, 5.74) is 6.47. The molecule has 0 aliphatic carbocycles. The number of rotatable bonds is 3. The first kappa shape index (κ1) is 7.67. The third-order valence-corrected chi connectivity index (χ3v) is 1.75. The topological polar surface area (TPSA) is 85.1 Å². The highest BCUT2D eigenvalue weighted by molar-refractivity contribution is 7.14. The lowest BCUT2D eigenvalue weighted by Gasteiger charge is -1.92. The van der Waals surface area contributed by atoms with Crippen molar-refractivity contribution in [2.24, 2.45) is 5.73 Å². The van der Waals surface area contributed by atoms with Crippen LogP contribution in [0.5, 0.6) is 0 Å². The summed E-state index contributed by atoms with van der Waals surface area (Å²) < 4.78 is 0. The van der Waals surface area contributed by atoms with E-state index in [1.54, 1.807) is 0 Å². The van der Waals surface area contributed by atoms with Crippen LogP contribution in [0.2, 0.25) is 0 Å². The number of thiazole rings is 1. The van der Waals surface area contributed by atoms with Crippen LogP contribution in [0.15, 0.2) is 5.51 Å². The van der Waals surface area contributed by atoms with E-state index in [1.807, 2.05) is 0 Å². The van der Waals surface area contributed by atoms with Crippen LogP contribution in [-0.2, 0) is 4.79 Å². The first-order valence-electron chi connectivity index (χ1n) is 2.69. The molecule has 0 radical (unpaired) electrons. The molecule has 2 amide bonds. The average molecular weight is 171 g/mol. The van der Waals surface area contributed by atoms with Gasteiger partial charge in [0.1, 0.15) is 5.00 Å². The lowest BCUT2D eigenvalue weighted by atomic mass is 10.4. The Labute approximate surface area is 66.2 Å². The molecule has 0 bridgehead atoms. The van der Waals surface area contributed by atoms with Crippen LogP contribution >= 0.6 is 11.3 Å². The van der Waals surface area contributed by atoms with Crippen molar-refractivity contribution >= 4 is 28.7 Å². The van der Waals surface area contributed by atoms with E-state index in [0.717, 1.165) is 11.3 Å². The summed E-state index contributed by atoms with van der Waals surface area (Å²) in [7, 11) is 0. The summed E-state index contributed by atoms with van der Waals surface area (Å²) in [5, 5.41) is 2.69. The van der Waals surface area contributed by atoms with E-state index >= 15 is 0 Å². The van der Waals surface area contributed by atoms with E-state index in [9.17, 15) is 9.59 Å². The van der Waals surface area contributed by atoms with Gasteiger partial charge in [0.25, 0.3) is 5.91 Å². The van der Waals surface area contributed by atoms with Crippen molar-refractivity contribution in [3.8, 4) is 0 Å². The number of aromatic nitrogens is 1. The number of hydrogen-bond acceptors (Lipinski definition) is 4. The van der Waals surface area contributed by atoms with Crippen molar-refractivity contribution in [3.05, 3.63) is 11.2 Å². The van der Waals surface area contributed by atoms with E-state index in [0.29, 0.717) is 11.4 Å². The van der Waals surface area contributed by atoms with Gasteiger partial charge in [0, 0.05) is 0 Å². The normalized spacial score (nSPS) is 9.09. The SMILES string of the molecule is NC(=O)c1ncsc1NC=O. The van der Waals surface area contributed by atoms with E-state index in [2.05, 4.69) is 10.3 Å². The molecule has 5 nitrogen and oxygen atoms in total. The van der Waals surface area contributed by atoms with Crippen LogP contribution in [0.25, 0.3) is 0 Å². The van der Waals surface area contributed by atoms with E-state index in [1.165, 1.54) is 5.51 Å². The molecule has 11 heavy (non-hydrogen) atoms. The second-order valence-electron chi connectivity index (χ2n) is 1.66. The van der Waals surface area contributed by atoms with Crippen LogP contribution in [0.1, 0.15) is 10.5 Å². The average Bonchev–Trinajstić information content (AvgIpc) is 2.36. The number of primary amides is 1. The first-order valence-corrected chi connectivity index (χ1v) is 3.57. The molecular formula is C5H5N3O2S. The molecule has 0 atom stereocenters. The Bertz CT molecular complexity index is 283. The van der Waals surface area contributed by atoms with Crippen molar-refractivity contribution in [1.82, 2.24) is 4.98 Å². The highest BCUT2D eigenvalue weighted by Crippen LogP contribution is 2.17. The summed E-state index contributed by atoms with van der Waals surface area (Å²) in [5.74, 6) is -0.643. The van der Waals surface area contributed by atoms with E-state index < -0.39 is 5.91 Å². The maximum atomic E-state index is 10.6. The quantitative estimate of drug-likeness (QED) is 0.618. The zero-order valence-corrected chi connectivity index (χ0v) is 6.22. The summed E-state index contributed by atoms with van der Waals surface area (Å²) in [4.78, 5) is 24.2. The molecule has 0 unspecified atom stereocenters. The second kappa shape index (κ2) is 3.11. The highest BCUT2D eigenvalue weighted by Gasteiger charge is 2.09. The number of nitrogens with two attached hydrogens (primary N) is 1. The molecule has 3 N–H and O–H groups in total. The van der Waals surface area contributed by atoms with Crippen LogP contribution in [0.3, 0.4) is 0 Å². The fourth-order valence-electron chi connectivity index (χ4n) is 0.578. The van der Waals surface area contributed by atoms with Gasteiger partial charge in [-0.15, -0.1) is 11.3 Å². The van der Waals surface area contributed by atoms with Gasteiger partial charge in [-0.3, -0.25) is 9.59 Å². The van der Waals surface area contributed by atoms with Crippen LogP contribution in [0.4, 0.5) is 5.00 Å². The number of hydrogen-bond donors (Lipinski definition) is 2. The fraction of sp³-hybridized carbons (Fsp3) is 0. The Balaban J connectivity index is 2.95. The molecule has 0 spiro atoms. The molecule has 0 aliphatic rings. The Morgan fingerprint density at radius 2 is 2.55 bits per heavy atom. The zero-order valence-electron chi connectivity index (χ0n) is 5.40. The zero-order chi connectivity index (χ0) is 8.27. The molecule has 0 aromatic carbocycles. The summed E-state index contributed by atoms with van der Waals surface area (Å²) in [6.07, 6.45) is 0.472. The van der Waals surface area contributed by atoms with Gasteiger partial charge in [0.15, 0.2) is 5.69 Å². The lowest BCUT2D eigenvalue weighted by Crippen LogP contribution is -2.13. The predicted molar refractivity (Wildman–Crippen MR) is 40.3 cm³/mol. The number of carbonyl (C=O) groups is 2. The molecular weight excluding hydrogens is 166 g/mol. The number of carbonyl (C=O) groups excluding carboxylic acids is 2. The maximum absolute atomic E-state index is 10.6. The number of nitrogens with zero attached hydrogens (tertiary/aromatic N) is 1. The molecule has 1 aromatic rings. The van der Waals surface area contributed by atoms with Gasteiger partial charge in [0.2, 0.25) is 6.41 Å². The molecule has 0 aliphatic heterocycles. The van der Waals surface area contributed by atoms with Gasteiger partial charge in [-0.2, -0.15) is 0 Å². The Morgan fingerprint density at radius 3 is 3.09 bits per heavy atom. The summed E-state index contributed by atoms with van der Waals surface area (Å²) in [6.45, 7) is 0. The molecule has 0 fully saturated rings.